The fourth-order valence-corrected chi connectivity index (χ4v) is 10.2. The number of carbonyl (C=O) groups excluding carboxylic acids is 2. The van der Waals surface area contributed by atoms with E-state index in [2.05, 4.69) is 25.1 Å². The Bertz CT molecular complexity index is 2440. The van der Waals surface area contributed by atoms with E-state index in [1.165, 1.54) is 28.9 Å². The summed E-state index contributed by atoms with van der Waals surface area (Å²) in [4.78, 5) is 36.8. The molecule has 0 unspecified atom stereocenters. The van der Waals surface area contributed by atoms with Crippen LogP contribution >= 0.6 is 11.6 Å². The Kier molecular flexibility index (Phi) is 10.4. The molecule has 14 nitrogen and oxygen atoms in total. The van der Waals surface area contributed by atoms with E-state index in [1.807, 2.05) is 65.0 Å². The molecule has 1 atom stereocenters. The second kappa shape index (κ2) is 15.9. The summed E-state index contributed by atoms with van der Waals surface area (Å²) in [5, 5.41) is 6.93. The third-order valence-electron chi connectivity index (χ3n) is 12.2. The summed E-state index contributed by atoms with van der Waals surface area (Å²) >= 11 is 6.44. The van der Waals surface area contributed by atoms with Gasteiger partial charge in [-0.05, 0) is 138 Å². The quantitative estimate of drug-likeness (QED) is 0.0824. The van der Waals surface area contributed by atoms with Gasteiger partial charge >= 0.3 is 6.09 Å². The molecule has 4 aliphatic rings. The van der Waals surface area contributed by atoms with Crippen molar-refractivity contribution < 1.29 is 35.0 Å². The third-order valence-corrected chi connectivity index (χ3v) is 13.7. The fourth-order valence-electron chi connectivity index (χ4n) is 9.01. The van der Waals surface area contributed by atoms with Crippen LogP contribution in [0.15, 0.2) is 71.9 Å². The van der Waals surface area contributed by atoms with Crippen LogP contribution < -0.4 is 19.5 Å². The van der Waals surface area contributed by atoms with Gasteiger partial charge in [-0.2, -0.15) is 8.42 Å². The molecule has 4 heterocycles. The second-order valence-corrected chi connectivity index (χ2v) is 20.1. The van der Waals surface area contributed by atoms with Crippen LogP contribution in [0, 0.1) is 22.7 Å². The van der Waals surface area contributed by atoms with Crippen molar-refractivity contribution in [2.75, 3.05) is 25.0 Å². The molecular weight excluding hydrogens is 806 g/mol. The van der Waals surface area contributed by atoms with Gasteiger partial charge < -0.3 is 24.4 Å². The summed E-state index contributed by atoms with van der Waals surface area (Å²) in [5.74, 6) is 0.238. The number of hydrogen-bond donors (Lipinski definition) is 2. The smallest absolute Gasteiger partial charge is 0.410 e. The Morgan fingerprint density at radius 1 is 0.983 bits per heavy atom. The van der Waals surface area contributed by atoms with E-state index in [4.69, 9.17) is 28.6 Å². The first-order valence-electron chi connectivity index (χ1n) is 21.6. The summed E-state index contributed by atoms with van der Waals surface area (Å²) in [6, 6.07) is 16.7. The maximum absolute atomic E-state index is 13.6. The van der Waals surface area contributed by atoms with Gasteiger partial charge in [0, 0.05) is 33.6 Å². The van der Waals surface area contributed by atoms with Crippen molar-refractivity contribution >= 4 is 39.4 Å². The molecule has 2 N–H and O–H groups in total. The Hall–Kier alpha value is -4.89. The SMILES string of the molecule is [2H]C([2H])(COc1ccn(-c2ccc(C(=O)NS(=O)(=O)c3ccc(OCc4ccccc4)c(NCCC[C@@H]4CN(C(=O)OC(C)(C)C)C(C)(C)C4)n3)c(Cl)n2)n1)C1C2(CC2)C12CC2. The Morgan fingerprint density at radius 2 is 1.72 bits per heavy atom. The van der Waals surface area contributed by atoms with Gasteiger partial charge in [0.05, 0.1) is 12.2 Å². The van der Waals surface area contributed by atoms with Crippen LogP contribution in [0.1, 0.15) is 105 Å². The van der Waals surface area contributed by atoms with E-state index in [9.17, 15) is 18.0 Å². The number of aromatic nitrogens is 4. The molecule has 3 aromatic heterocycles. The van der Waals surface area contributed by atoms with E-state index in [0.29, 0.717) is 25.3 Å². The van der Waals surface area contributed by atoms with Gasteiger partial charge in [0.25, 0.3) is 15.9 Å². The van der Waals surface area contributed by atoms with E-state index in [0.717, 1.165) is 44.1 Å². The summed E-state index contributed by atoms with van der Waals surface area (Å²) in [5.41, 5.74) is 0.148. The van der Waals surface area contributed by atoms with Crippen molar-refractivity contribution in [3.05, 3.63) is 83.1 Å². The van der Waals surface area contributed by atoms with Crippen molar-refractivity contribution in [2.45, 2.75) is 109 Å². The lowest BCUT2D eigenvalue weighted by atomic mass is 9.93. The summed E-state index contributed by atoms with van der Waals surface area (Å²) in [6.45, 7) is 10.7. The van der Waals surface area contributed by atoms with Crippen LogP contribution in [-0.4, -0.2) is 75.9 Å². The molecule has 1 saturated heterocycles. The molecule has 1 aliphatic heterocycles. The minimum Gasteiger partial charge on any atom is -0.485 e. The zero-order valence-electron chi connectivity index (χ0n) is 36.7. The molecule has 2 spiro atoms. The molecule has 4 aromatic rings. The maximum atomic E-state index is 13.6. The van der Waals surface area contributed by atoms with Crippen molar-refractivity contribution in [1.82, 2.24) is 29.4 Å². The third kappa shape index (κ3) is 8.79. The summed E-state index contributed by atoms with van der Waals surface area (Å²) in [7, 11) is -4.51. The first-order chi connectivity index (χ1) is 29.2. The lowest BCUT2D eigenvalue weighted by Gasteiger charge is -2.33. The summed E-state index contributed by atoms with van der Waals surface area (Å²) in [6.07, 6.45) is 6.52. The van der Waals surface area contributed by atoms with Gasteiger partial charge in [0.15, 0.2) is 22.4 Å². The fraction of sp³-hybridized carbons (Fsp3) is 0.523. The lowest BCUT2D eigenvalue weighted by molar-refractivity contribution is 0.0130. The largest absolute Gasteiger partial charge is 0.485 e. The van der Waals surface area contributed by atoms with E-state index in [1.54, 1.807) is 17.2 Å². The van der Waals surface area contributed by atoms with Gasteiger partial charge in [0.1, 0.15) is 17.4 Å². The monoisotopic (exact) mass is 861 g/mol. The molecule has 2 amide bonds. The number of pyridine rings is 2. The standard InChI is InChI=1S/C44H54ClN7O7S/c1-41(2,3)59-40(54)51-27-30(26-42(51,4)5)12-9-23-46-38-32(58-28-29-10-7-6-8-11-29)14-16-36(48-38)60(55,56)50-39(53)31-13-15-34(47-37(31)45)52-24-17-35(49-52)57-25-18-33-43(19-20-43)44(33)21-22-44/h6-8,10-11,13-17,24,30,33H,9,12,18-23,25-28H2,1-5H3,(H,46,48)(H,50,53)/t30-/m0/s1/i18D2. The molecule has 320 valence electrons. The predicted octanol–water partition coefficient (Wildman–Crippen LogP) is 8.20. The summed E-state index contributed by atoms with van der Waals surface area (Å²) < 4.78 is 65.7. The number of likely N-dealkylation sites (tertiary alicyclic amines) is 1. The maximum Gasteiger partial charge on any atom is 0.410 e. The number of benzene rings is 1. The van der Waals surface area contributed by atoms with E-state index in [-0.39, 0.29) is 75.7 Å². The Balaban J connectivity index is 0.896. The van der Waals surface area contributed by atoms with Crippen molar-refractivity contribution in [2.24, 2.45) is 22.7 Å². The van der Waals surface area contributed by atoms with Gasteiger partial charge in [-0.3, -0.25) is 4.79 Å². The van der Waals surface area contributed by atoms with Crippen LogP contribution in [0.5, 0.6) is 11.6 Å². The minimum atomic E-state index is -4.51. The average Bonchev–Trinajstić information content (AvgIpc) is 4.16. The predicted molar refractivity (Wildman–Crippen MR) is 226 cm³/mol. The molecule has 4 fully saturated rings. The molecule has 3 aliphatic carbocycles. The number of anilines is 1. The average molecular weight is 862 g/mol. The molecular formula is C44H54ClN7O7S. The molecule has 16 heteroatoms. The number of halogens is 1. The highest BCUT2D eigenvalue weighted by Gasteiger charge is 2.85. The molecule has 0 radical (unpaired) electrons. The molecule has 3 saturated carbocycles. The number of sulfonamides is 1. The van der Waals surface area contributed by atoms with Crippen molar-refractivity contribution in [3.63, 3.8) is 0 Å². The van der Waals surface area contributed by atoms with Gasteiger partial charge in [-0.1, -0.05) is 41.9 Å². The van der Waals surface area contributed by atoms with E-state index < -0.39 is 32.9 Å². The number of fused-ring (bicyclic) bond motifs is 1. The number of amides is 2. The van der Waals surface area contributed by atoms with Crippen molar-refractivity contribution in [3.8, 4) is 17.4 Å². The minimum absolute atomic E-state index is 0.0350. The number of carbonyl (C=O) groups is 2. The van der Waals surface area contributed by atoms with Crippen LogP contribution in [-0.2, 0) is 21.4 Å². The first-order valence-corrected chi connectivity index (χ1v) is 22.4. The zero-order chi connectivity index (χ0) is 44.3. The number of rotatable bonds is 16. The zero-order valence-corrected chi connectivity index (χ0v) is 36.2. The van der Waals surface area contributed by atoms with Gasteiger partial charge in [-0.25, -0.2) is 24.2 Å². The normalized spacial score (nSPS) is 20.3. The van der Waals surface area contributed by atoms with Gasteiger partial charge in [0.2, 0.25) is 5.88 Å². The van der Waals surface area contributed by atoms with E-state index >= 15 is 0 Å². The lowest BCUT2D eigenvalue weighted by Crippen LogP contribution is -2.45. The molecule has 8 rings (SSSR count). The van der Waals surface area contributed by atoms with Crippen LogP contribution in [0.4, 0.5) is 10.6 Å². The Labute approximate surface area is 359 Å². The van der Waals surface area contributed by atoms with Crippen LogP contribution in [0.2, 0.25) is 5.15 Å². The number of hydrogen-bond acceptors (Lipinski definition) is 11. The second-order valence-electron chi connectivity index (χ2n) is 18.1. The Morgan fingerprint density at radius 3 is 2.40 bits per heavy atom. The van der Waals surface area contributed by atoms with Crippen LogP contribution in [0.3, 0.4) is 0 Å². The topological polar surface area (TPSA) is 167 Å². The molecule has 1 aromatic carbocycles. The number of nitrogens with one attached hydrogen (secondary N) is 2. The highest BCUT2D eigenvalue weighted by molar-refractivity contribution is 7.90. The molecule has 0 bridgehead atoms. The van der Waals surface area contributed by atoms with Crippen molar-refractivity contribution in [1.29, 1.82) is 0 Å². The number of ether oxygens (including phenoxy) is 3. The highest BCUT2D eigenvalue weighted by atomic mass is 35.5. The molecule has 60 heavy (non-hydrogen) atoms. The first kappa shape index (κ1) is 39.3. The van der Waals surface area contributed by atoms with Crippen LogP contribution in [0.25, 0.3) is 5.82 Å². The van der Waals surface area contributed by atoms with Gasteiger partial charge in [-0.15, -0.1) is 5.10 Å². The highest BCUT2D eigenvalue weighted by Crippen LogP contribution is 2.93. The number of nitrogens with zero attached hydrogens (tertiary/aromatic N) is 5.